The van der Waals surface area contributed by atoms with Gasteiger partial charge in [-0.25, -0.2) is 0 Å². The van der Waals surface area contributed by atoms with Gasteiger partial charge in [0.15, 0.2) is 5.78 Å². The molecule has 6 heteroatoms. The van der Waals surface area contributed by atoms with E-state index < -0.39 is 0 Å². The average molecular weight is 418 g/mol. The summed E-state index contributed by atoms with van der Waals surface area (Å²) in [6, 6.07) is 13.7. The highest BCUT2D eigenvalue weighted by Gasteiger charge is 2.13. The predicted octanol–water partition coefficient (Wildman–Crippen LogP) is 4.74. The average Bonchev–Trinajstić information content (AvgIpc) is 2.69. The Bertz CT molecular complexity index is 789. The van der Waals surface area contributed by atoms with E-state index in [1.807, 2.05) is 36.4 Å². The van der Waals surface area contributed by atoms with Crippen LogP contribution < -0.4 is 5.32 Å². The first-order valence-corrected chi connectivity index (χ1v) is 10.9. The summed E-state index contributed by atoms with van der Waals surface area (Å²) < 4.78 is 0. The lowest BCUT2D eigenvalue weighted by Crippen LogP contribution is -2.44. The van der Waals surface area contributed by atoms with Crippen molar-refractivity contribution >= 4 is 34.8 Å². The molecule has 4 nitrogen and oxygen atoms in total. The van der Waals surface area contributed by atoms with E-state index in [-0.39, 0.29) is 5.78 Å². The van der Waals surface area contributed by atoms with E-state index in [1.165, 1.54) is 0 Å². The second-order valence-corrected chi connectivity index (χ2v) is 8.80. The van der Waals surface area contributed by atoms with Gasteiger partial charge >= 0.3 is 0 Å². The third-order valence-electron chi connectivity index (χ3n) is 4.99. The summed E-state index contributed by atoms with van der Waals surface area (Å²) in [6.45, 7) is 8.26. The minimum atomic E-state index is 0.0887. The summed E-state index contributed by atoms with van der Waals surface area (Å²) in [4.78, 5) is 18.6. The summed E-state index contributed by atoms with van der Waals surface area (Å²) >= 11 is 7.91. The summed E-state index contributed by atoms with van der Waals surface area (Å²) in [5.74, 6) is 0.0887. The van der Waals surface area contributed by atoms with Gasteiger partial charge < -0.3 is 15.1 Å². The van der Waals surface area contributed by atoms with Gasteiger partial charge in [0.25, 0.3) is 0 Å². The van der Waals surface area contributed by atoms with Gasteiger partial charge in [0.1, 0.15) is 0 Å². The molecule has 0 bridgehead atoms. The molecule has 28 heavy (non-hydrogen) atoms. The van der Waals surface area contributed by atoms with Gasteiger partial charge in [-0.1, -0.05) is 35.5 Å². The predicted molar refractivity (Wildman–Crippen MR) is 119 cm³/mol. The molecule has 0 radical (unpaired) electrons. The number of piperazine rings is 1. The number of ketones is 1. The van der Waals surface area contributed by atoms with Crippen molar-refractivity contribution in [3.05, 3.63) is 53.1 Å². The highest BCUT2D eigenvalue weighted by atomic mass is 35.5. The van der Waals surface area contributed by atoms with Crippen LogP contribution in [0.4, 0.5) is 5.69 Å². The Balaban J connectivity index is 1.55. The Morgan fingerprint density at radius 2 is 1.82 bits per heavy atom. The van der Waals surface area contributed by atoms with Crippen molar-refractivity contribution in [2.24, 2.45) is 0 Å². The number of carbonyl (C=O) groups is 1. The SMILES string of the molecule is CC(=O)c1ccc(Sc2ccc(Cl)cc2NCCCN2CCN(C)CC2)cc1. The topological polar surface area (TPSA) is 35.6 Å². The fourth-order valence-electron chi connectivity index (χ4n) is 3.21. The summed E-state index contributed by atoms with van der Waals surface area (Å²) in [7, 11) is 2.19. The molecule has 0 unspecified atom stereocenters. The van der Waals surface area contributed by atoms with Gasteiger partial charge in [-0.15, -0.1) is 0 Å². The van der Waals surface area contributed by atoms with Crippen LogP contribution in [-0.4, -0.2) is 61.9 Å². The molecule has 0 aromatic heterocycles. The molecule has 0 atom stereocenters. The van der Waals surface area contributed by atoms with Crippen LogP contribution in [0, 0.1) is 0 Å². The smallest absolute Gasteiger partial charge is 0.159 e. The number of hydrogen-bond donors (Lipinski definition) is 1. The molecule has 2 aromatic rings. The van der Waals surface area contributed by atoms with Crippen LogP contribution in [0.5, 0.6) is 0 Å². The Kier molecular flexibility index (Phi) is 7.80. The molecule has 0 saturated carbocycles. The number of hydrogen-bond acceptors (Lipinski definition) is 5. The molecule has 3 rings (SSSR count). The number of likely N-dealkylation sites (N-methyl/N-ethyl adjacent to an activating group) is 1. The number of nitrogens with zero attached hydrogens (tertiary/aromatic N) is 2. The third kappa shape index (κ3) is 6.24. The molecule has 0 spiro atoms. The highest BCUT2D eigenvalue weighted by molar-refractivity contribution is 7.99. The van der Waals surface area contributed by atoms with Gasteiger partial charge in [-0.05, 0) is 57.3 Å². The number of carbonyl (C=O) groups excluding carboxylic acids is 1. The third-order valence-corrected chi connectivity index (χ3v) is 6.31. The van der Waals surface area contributed by atoms with Gasteiger partial charge in [0.2, 0.25) is 0 Å². The van der Waals surface area contributed by atoms with E-state index in [0.29, 0.717) is 0 Å². The van der Waals surface area contributed by atoms with E-state index in [1.54, 1.807) is 18.7 Å². The Hall–Kier alpha value is -1.53. The zero-order valence-corrected chi connectivity index (χ0v) is 18.2. The first-order valence-electron chi connectivity index (χ1n) is 9.74. The quantitative estimate of drug-likeness (QED) is 0.495. The van der Waals surface area contributed by atoms with Crippen molar-refractivity contribution in [2.45, 2.75) is 23.1 Å². The van der Waals surface area contributed by atoms with Gasteiger partial charge in [-0.3, -0.25) is 4.79 Å². The Labute approximate surface area is 177 Å². The number of benzene rings is 2. The monoisotopic (exact) mass is 417 g/mol. The Morgan fingerprint density at radius 3 is 2.50 bits per heavy atom. The van der Waals surface area contributed by atoms with Crippen LogP contribution in [0.2, 0.25) is 5.02 Å². The van der Waals surface area contributed by atoms with Crippen LogP contribution in [0.1, 0.15) is 23.7 Å². The first kappa shape index (κ1) is 21.2. The second-order valence-electron chi connectivity index (χ2n) is 7.25. The van der Waals surface area contributed by atoms with Crippen LogP contribution in [-0.2, 0) is 0 Å². The van der Waals surface area contributed by atoms with Gasteiger partial charge in [0.05, 0.1) is 0 Å². The maximum Gasteiger partial charge on any atom is 0.159 e. The van der Waals surface area contributed by atoms with Gasteiger partial charge in [0, 0.05) is 58.8 Å². The maximum atomic E-state index is 11.4. The van der Waals surface area contributed by atoms with Crippen LogP contribution in [0.3, 0.4) is 0 Å². The van der Waals surface area contributed by atoms with Crippen molar-refractivity contribution in [2.75, 3.05) is 51.6 Å². The van der Waals surface area contributed by atoms with Crippen molar-refractivity contribution < 1.29 is 4.79 Å². The number of anilines is 1. The zero-order chi connectivity index (χ0) is 19.9. The molecular formula is C22H28ClN3OS. The fraction of sp³-hybridized carbons (Fsp3) is 0.409. The molecule has 1 aliphatic rings. The van der Waals surface area contributed by atoms with Crippen LogP contribution in [0.25, 0.3) is 0 Å². The number of Topliss-reactive ketones (excluding diaryl/α,β-unsaturated/α-hetero) is 1. The van der Waals surface area contributed by atoms with Crippen molar-refractivity contribution in [1.82, 2.24) is 9.80 Å². The molecule has 1 N–H and O–H groups in total. The first-order chi connectivity index (χ1) is 13.5. The second kappa shape index (κ2) is 10.3. The van der Waals surface area contributed by atoms with E-state index in [9.17, 15) is 4.79 Å². The molecule has 1 saturated heterocycles. The molecule has 1 heterocycles. The molecule has 0 aliphatic carbocycles. The minimum Gasteiger partial charge on any atom is -0.384 e. The van der Waals surface area contributed by atoms with Crippen molar-refractivity contribution in [1.29, 1.82) is 0 Å². The molecule has 1 fully saturated rings. The molecule has 1 aliphatic heterocycles. The van der Waals surface area contributed by atoms with Gasteiger partial charge in [-0.2, -0.15) is 0 Å². The highest BCUT2D eigenvalue weighted by Crippen LogP contribution is 2.35. The van der Waals surface area contributed by atoms with Crippen molar-refractivity contribution in [3.8, 4) is 0 Å². The van der Waals surface area contributed by atoms with Crippen LogP contribution in [0.15, 0.2) is 52.3 Å². The zero-order valence-electron chi connectivity index (χ0n) is 16.6. The van der Waals surface area contributed by atoms with E-state index >= 15 is 0 Å². The normalized spacial score (nSPS) is 15.5. The van der Waals surface area contributed by atoms with E-state index in [0.717, 1.165) is 71.8 Å². The molecule has 150 valence electrons. The minimum absolute atomic E-state index is 0.0887. The molecular weight excluding hydrogens is 390 g/mol. The standard InChI is InChI=1S/C22H28ClN3OS/c1-17(27)18-4-7-20(8-5-18)28-22-9-6-19(23)16-21(22)24-10-3-11-26-14-12-25(2)13-15-26/h4-9,16,24H,3,10-15H2,1-2H3. The van der Waals surface area contributed by atoms with Crippen molar-refractivity contribution in [3.63, 3.8) is 0 Å². The lowest BCUT2D eigenvalue weighted by atomic mass is 10.2. The summed E-state index contributed by atoms with van der Waals surface area (Å²) in [6.07, 6.45) is 1.10. The number of rotatable bonds is 8. The summed E-state index contributed by atoms with van der Waals surface area (Å²) in [5, 5.41) is 4.29. The lowest BCUT2D eigenvalue weighted by Gasteiger charge is -2.32. The Morgan fingerprint density at radius 1 is 1.11 bits per heavy atom. The summed E-state index contributed by atoms with van der Waals surface area (Å²) in [5.41, 5.74) is 1.80. The van der Waals surface area contributed by atoms with E-state index in [2.05, 4.69) is 28.2 Å². The number of nitrogens with one attached hydrogen (secondary N) is 1. The fourth-order valence-corrected chi connectivity index (χ4v) is 4.29. The number of halogens is 1. The maximum absolute atomic E-state index is 11.4. The lowest BCUT2D eigenvalue weighted by molar-refractivity contribution is 0.101. The largest absolute Gasteiger partial charge is 0.384 e. The molecule has 0 amide bonds. The molecule has 2 aromatic carbocycles. The van der Waals surface area contributed by atoms with Crippen LogP contribution >= 0.6 is 23.4 Å². The van der Waals surface area contributed by atoms with E-state index in [4.69, 9.17) is 11.6 Å².